The van der Waals surface area contributed by atoms with Crippen LogP contribution in [0.15, 0.2) is 12.2 Å². The first-order chi connectivity index (χ1) is 7.09. The largest absolute Gasteiger partial charge is 0.378 e. The van der Waals surface area contributed by atoms with Crippen molar-refractivity contribution in [1.82, 2.24) is 4.90 Å². The van der Waals surface area contributed by atoms with Crippen LogP contribution in [-0.2, 0) is 9.53 Å². The van der Waals surface area contributed by atoms with Crippen molar-refractivity contribution < 1.29 is 9.53 Å². The van der Waals surface area contributed by atoms with Gasteiger partial charge in [-0.2, -0.15) is 0 Å². The predicted octanol–water partition coefficient (Wildman–Crippen LogP) is 1.98. The molecule has 0 aromatic rings. The molecule has 1 heterocycles. The SMILES string of the molecule is C=C1CCN(C(=O)CCOC(C)C)CC1. The summed E-state index contributed by atoms with van der Waals surface area (Å²) in [6.45, 7) is 10.1. The van der Waals surface area contributed by atoms with Gasteiger partial charge >= 0.3 is 0 Å². The second-order valence-electron chi connectivity index (χ2n) is 4.30. The lowest BCUT2D eigenvalue weighted by molar-refractivity contribution is -0.133. The molecule has 1 fully saturated rings. The van der Waals surface area contributed by atoms with Gasteiger partial charge in [-0.05, 0) is 26.7 Å². The topological polar surface area (TPSA) is 29.5 Å². The molecule has 0 aromatic heterocycles. The molecule has 0 atom stereocenters. The second-order valence-corrected chi connectivity index (χ2v) is 4.30. The molecule has 0 unspecified atom stereocenters. The third kappa shape index (κ3) is 4.47. The zero-order valence-corrected chi connectivity index (χ0v) is 9.79. The smallest absolute Gasteiger partial charge is 0.224 e. The molecule has 0 N–H and O–H groups in total. The Bertz CT molecular complexity index is 226. The number of piperidine rings is 1. The lowest BCUT2D eigenvalue weighted by atomic mass is 10.1. The van der Waals surface area contributed by atoms with Gasteiger partial charge in [0.15, 0.2) is 0 Å². The van der Waals surface area contributed by atoms with Gasteiger partial charge in [-0.25, -0.2) is 0 Å². The van der Waals surface area contributed by atoms with E-state index in [0.29, 0.717) is 13.0 Å². The Balaban J connectivity index is 2.19. The molecule has 1 saturated heterocycles. The van der Waals surface area contributed by atoms with Crippen molar-refractivity contribution >= 4 is 5.91 Å². The van der Waals surface area contributed by atoms with Gasteiger partial charge in [0, 0.05) is 13.1 Å². The molecule has 0 aromatic carbocycles. The molecule has 1 amide bonds. The Kier molecular flexibility index (Phi) is 4.82. The molecule has 1 aliphatic rings. The van der Waals surface area contributed by atoms with E-state index in [4.69, 9.17) is 4.74 Å². The Morgan fingerprint density at radius 3 is 2.60 bits per heavy atom. The molecule has 3 nitrogen and oxygen atoms in total. The molecule has 0 bridgehead atoms. The van der Waals surface area contributed by atoms with Gasteiger partial charge in [-0.1, -0.05) is 12.2 Å². The summed E-state index contributed by atoms with van der Waals surface area (Å²) in [5, 5.41) is 0. The van der Waals surface area contributed by atoms with Gasteiger partial charge in [0.1, 0.15) is 0 Å². The number of likely N-dealkylation sites (tertiary alicyclic amines) is 1. The second kappa shape index (κ2) is 5.91. The van der Waals surface area contributed by atoms with Crippen molar-refractivity contribution in [2.24, 2.45) is 0 Å². The van der Waals surface area contributed by atoms with E-state index in [1.165, 1.54) is 5.57 Å². The van der Waals surface area contributed by atoms with Gasteiger partial charge in [0.2, 0.25) is 5.91 Å². The third-order valence-electron chi connectivity index (χ3n) is 2.59. The number of carbonyl (C=O) groups is 1. The van der Waals surface area contributed by atoms with Gasteiger partial charge in [-0.3, -0.25) is 4.79 Å². The molecule has 0 spiro atoms. The molecular formula is C12H21NO2. The molecule has 86 valence electrons. The summed E-state index contributed by atoms with van der Waals surface area (Å²) in [6.07, 6.45) is 2.62. The minimum Gasteiger partial charge on any atom is -0.378 e. The maximum absolute atomic E-state index is 11.7. The highest BCUT2D eigenvalue weighted by molar-refractivity contribution is 5.76. The van der Waals surface area contributed by atoms with Crippen LogP contribution in [-0.4, -0.2) is 36.6 Å². The van der Waals surface area contributed by atoms with Gasteiger partial charge in [0.25, 0.3) is 0 Å². The van der Waals surface area contributed by atoms with Crippen molar-refractivity contribution in [1.29, 1.82) is 0 Å². The summed E-state index contributed by atoms with van der Waals surface area (Å²) in [5.41, 5.74) is 1.26. The van der Waals surface area contributed by atoms with Crippen molar-refractivity contribution in [3.63, 3.8) is 0 Å². The number of carbonyl (C=O) groups excluding carboxylic acids is 1. The van der Waals surface area contributed by atoms with Crippen LogP contribution in [0.4, 0.5) is 0 Å². The molecule has 0 aliphatic carbocycles. The van der Waals surface area contributed by atoms with Crippen LogP contribution in [0.5, 0.6) is 0 Å². The van der Waals surface area contributed by atoms with Crippen molar-refractivity contribution in [2.45, 2.75) is 39.2 Å². The summed E-state index contributed by atoms with van der Waals surface area (Å²) in [6, 6.07) is 0. The first kappa shape index (κ1) is 12.2. The molecule has 3 heteroatoms. The van der Waals surface area contributed by atoms with Gasteiger partial charge < -0.3 is 9.64 Å². The minimum absolute atomic E-state index is 0.207. The fraction of sp³-hybridized carbons (Fsp3) is 0.750. The lowest BCUT2D eigenvalue weighted by Crippen LogP contribution is -2.36. The zero-order valence-electron chi connectivity index (χ0n) is 9.79. The maximum atomic E-state index is 11.7. The van der Waals surface area contributed by atoms with E-state index in [1.807, 2.05) is 18.7 Å². The summed E-state index contributed by atoms with van der Waals surface area (Å²) in [4.78, 5) is 13.6. The van der Waals surface area contributed by atoms with Crippen LogP contribution in [0.1, 0.15) is 33.1 Å². The monoisotopic (exact) mass is 211 g/mol. The van der Waals surface area contributed by atoms with E-state index < -0.39 is 0 Å². The Labute approximate surface area is 92.1 Å². The average molecular weight is 211 g/mol. The van der Waals surface area contributed by atoms with E-state index >= 15 is 0 Å². The normalized spacial score (nSPS) is 17.3. The van der Waals surface area contributed by atoms with Crippen LogP contribution in [0.3, 0.4) is 0 Å². The summed E-state index contributed by atoms with van der Waals surface area (Å²) >= 11 is 0. The molecular weight excluding hydrogens is 190 g/mol. The maximum Gasteiger partial charge on any atom is 0.224 e. The van der Waals surface area contributed by atoms with Crippen molar-refractivity contribution in [3.05, 3.63) is 12.2 Å². The fourth-order valence-corrected chi connectivity index (χ4v) is 1.61. The van der Waals surface area contributed by atoms with Crippen LogP contribution in [0, 0.1) is 0 Å². The van der Waals surface area contributed by atoms with Crippen molar-refractivity contribution in [3.8, 4) is 0 Å². The first-order valence-electron chi connectivity index (χ1n) is 5.65. The lowest BCUT2D eigenvalue weighted by Gasteiger charge is -2.28. The number of nitrogens with zero attached hydrogens (tertiary/aromatic N) is 1. The van der Waals surface area contributed by atoms with Crippen LogP contribution in [0.25, 0.3) is 0 Å². The van der Waals surface area contributed by atoms with Crippen molar-refractivity contribution in [2.75, 3.05) is 19.7 Å². The van der Waals surface area contributed by atoms with E-state index in [9.17, 15) is 4.79 Å². The Morgan fingerprint density at radius 1 is 1.47 bits per heavy atom. The van der Waals surface area contributed by atoms with Gasteiger partial charge in [-0.15, -0.1) is 0 Å². The van der Waals surface area contributed by atoms with Gasteiger partial charge in [0.05, 0.1) is 19.1 Å². The molecule has 1 aliphatic heterocycles. The van der Waals surface area contributed by atoms with E-state index in [-0.39, 0.29) is 12.0 Å². The van der Waals surface area contributed by atoms with E-state index in [2.05, 4.69) is 6.58 Å². The highest BCUT2D eigenvalue weighted by atomic mass is 16.5. The molecule has 15 heavy (non-hydrogen) atoms. The number of ether oxygens (including phenoxy) is 1. The third-order valence-corrected chi connectivity index (χ3v) is 2.59. The fourth-order valence-electron chi connectivity index (χ4n) is 1.61. The van der Waals surface area contributed by atoms with E-state index in [0.717, 1.165) is 25.9 Å². The quantitative estimate of drug-likeness (QED) is 0.665. The summed E-state index contributed by atoms with van der Waals surface area (Å²) < 4.78 is 5.36. The first-order valence-corrected chi connectivity index (χ1v) is 5.65. The average Bonchev–Trinajstić information content (AvgIpc) is 2.18. The van der Waals surface area contributed by atoms with E-state index in [1.54, 1.807) is 0 Å². The van der Waals surface area contributed by atoms with Crippen LogP contribution >= 0.6 is 0 Å². The zero-order chi connectivity index (χ0) is 11.3. The highest BCUT2D eigenvalue weighted by Crippen LogP contribution is 2.14. The Hall–Kier alpha value is -0.830. The highest BCUT2D eigenvalue weighted by Gasteiger charge is 2.17. The minimum atomic E-state index is 0.207. The Morgan fingerprint density at radius 2 is 2.07 bits per heavy atom. The molecule has 0 radical (unpaired) electrons. The van der Waals surface area contributed by atoms with Crippen LogP contribution in [0.2, 0.25) is 0 Å². The summed E-state index contributed by atoms with van der Waals surface area (Å²) in [5.74, 6) is 0.211. The predicted molar refractivity (Wildman–Crippen MR) is 60.7 cm³/mol. The number of rotatable bonds is 4. The van der Waals surface area contributed by atoms with Crippen LogP contribution < -0.4 is 0 Å². The molecule has 1 rings (SSSR count). The number of amides is 1. The number of hydrogen-bond acceptors (Lipinski definition) is 2. The number of hydrogen-bond donors (Lipinski definition) is 0. The standard InChI is InChI=1S/C12H21NO2/c1-10(2)15-9-6-12(14)13-7-4-11(3)5-8-13/h10H,3-9H2,1-2H3. The molecule has 0 saturated carbocycles. The summed E-state index contributed by atoms with van der Waals surface area (Å²) in [7, 11) is 0.